The molecule has 0 atom stereocenters. The van der Waals surface area contributed by atoms with Crippen LogP contribution in [0, 0.1) is 5.41 Å². The molecule has 1 fully saturated rings. The van der Waals surface area contributed by atoms with Gasteiger partial charge in [0, 0.05) is 23.4 Å². The molecule has 1 spiro atoms. The van der Waals surface area contributed by atoms with Crippen LogP contribution in [-0.2, 0) is 9.84 Å². The minimum absolute atomic E-state index is 0.119. The Kier molecular flexibility index (Phi) is 3.46. The molecule has 4 rings (SSSR count). The number of aromatic nitrogens is 1. The summed E-state index contributed by atoms with van der Waals surface area (Å²) in [6.45, 7) is 0. The van der Waals surface area contributed by atoms with Crippen LogP contribution in [0.1, 0.15) is 30.4 Å². The molecule has 4 heteroatoms. The van der Waals surface area contributed by atoms with Gasteiger partial charge in [0.05, 0.1) is 0 Å². The second kappa shape index (κ2) is 5.42. The zero-order valence-corrected chi connectivity index (χ0v) is 14.4. The van der Waals surface area contributed by atoms with Crippen molar-refractivity contribution in [2.75, 3.05) is 6.26 Å². The van der Waals surface area contributed by atoms with Gasteiger partial charge in [-0.2, -0.15) is 0 Å². The van der Waals surface area contributed by atoms with E-state index in [0.29, 0.717) is 0 Å². The summed E-state index contributed by atoms with van der Waals surface area (Å²) >= 11 is 0. The van der Waals surface area contributed by atoms with E-state index in [1.165, 1.54) is 36.7 Å². The monoisotopic (exact) mass is 337 g/mol. The largest absolute Gasteiger partial charge is 0.244 e. The molecule has 2 aliphatic carbocycles. The standard InChI is InChI=1S/C20H19NO2S/c1-24(22,23)19-9-8-16(14-21-19)18-13-20(10-5-11-20)12-17(18)15-6-3-2-4-7-15/h2-4,6-9,12-14H,5,10-11H2,1H3. The number of sulfone groups is 1. The van der Waals surface area contributed by atoms with Gasteiger partial charge in [-0.25, -0.2) is 13.4 Å². The maximum Gasteiger partial charge on any atom is 0.192 e. The quantitative estimate of drug-likeness (QED) is 0.846. The highest BCUT2D eigenvalue weighted by Gasteiger charge is 2.38. The highest BCUT2D eigenvalue weighted by atomic mass is 32.2. The molecule has 0 aliphatic heterocycles. The Morgan fingerprint density at radius 3 is 2.08 bits per heavy atom. The lowest BCUT2D eigenvalue weighted by atomic mass is 9.70. The molecule has 1 aromatic heterocycles. The van der Waals surface area contributed by atoms with Gasteiger partial charge in [0.15, 0.2) is 14.9 Å². The lowest BCUT2D eigenvalue weighted by molar-refractivity contribution is 0.282. The van der Waals surface area contributed by atoms with Crippen LogP contribution in [0.3, 0.4) is 0 Å². The fourth-order valence-corrected chi connectivity index (χ4v) is 4.06. The second-order valence-electron chi connectivity index (χ2n) is 6.73. The number of hydrogen-bond donors (Lipinski definition) is 0. The summed E-state index contributed by atoms with van der Waals surface area (Å²) in [5.41, 5.74) is 4.73. The van der Waals surface area contributed by atoms with E-state index in [9.17, 15) is 8.42 Å². The number of nitrogens with zero attached hydrogens (tertiary/aromatic N) is 1. The fraction of sp³-hybridized carbons (Fsp3) is 0.250. The van der Waals surface area contributed by atoms with Crippen LogP contribution in [-0.4, -0.2) is 19.7 Å². The normalized spacial score (nSPS) is 18.9. The van der Waals surface area contributed by atoms with Crippen molar-refractivity contribution in [2.24, 2.45) is 5.41 Å². The van der Waals surface area contributed by atoms with Crippen molar-refractivity contribution in [3.05, 3.63) is 71.9 Å². The number of pyridine rings is 1. The van der Waals surface area contributed by atoms with Gasteiger partial charge in [-0.3, -0.25) is 0 Å². The maximum atomic E-state index is 11.6. The lowest BCUT2D eigenvalue weighted by Gasteiger charge is -2.34. The molecule has 0 radical (unpaired) electrons. The molecule has 24 heavy (non-hydrogen) atoms. The summed E-state index contributed by atoms with van der Waals surface area (Å²) in [4.78, 5) is 4.16. The van der Waals surface area contributed by atoms with Crippen LogP contribution < -0.4 is 0 Å². The van der Waals surface area contributed by atoms with Crippen LogP contribution >= 0.6 is 0 Å². The Balaban J connectivity index is 1.78. The molecule has 3 nitrogen and oxygen atoms in total. The summed E-state index contributed by atoms with van der Waals surface area (Å²) in [5.74, 6) is 0. The summed E-state index contributed by atoms with van der Waals surface area (Å²) in [5, 5.41) is 0.119. The summed E-state index contributed by atoms with van der Waals surface area (Å²) < 4.78 is 23.2. The highest BCUT2D eigenvalue weighted by molar-refractivity contribution is 7.90. The first-order valence-electron chi connectivity index (χ1n) is 8.15. The van der Waals surface area contributed by atoms with Crippen molar-refractivity contribution in [1.29, 1.82) is 0 Å². The Bertz CT molecular complexity index is 935. The molecule has 1 heterocycles. The van der Waals surface area contributed by atoms with Gasteiger partial charge in [0.2, 0.25) is 0 Å². The van der Waals surface area contributed by atoms with Crippen LogP contribution in [0.25, 0.3) is 11.1 Å². The van der Waals surface area contributed by atoms with E-state index in [1.54, 1.807) is 12.3 Å². The first kappa shape index (κ1) is 15.3. The Labute approximate surface area is 142 Å². The lowest BCUT2D eigenvalue weighted by Crippen LogP contribution is -2.22. The summed E-state index contributed by atoms with van der Waals surface area (Å²) in [6.07, 6.45) is 11.2. The van der Waals surface area contributed by atoms with E-state index >= 15 is 0 Å². The molecule has 2 aromatic rings. The topological polar surface area (TPSA) is 47.0 Å². The second-order valence-corrected chi connectivity index (χ2v) is 8.69. The van der Waals surface area contributed by atoms with Gasteiger partial charge in [0.1, 0.15) is 0 Å². The zero-order chi connectivity index (χ0) is 16.8. The predicted molar refractivity (Wildman–Crippen MR) is 96.0 cm³/mol. The number of hydrogen-bond acceptors (Lipinski definition) is 3. The van der Waals surface area contributed by atoms with Crippen LogP contribution in [0.4, 0.5) is 0 Å². The average Bonchev–Trinajstić information content (AvgIpc) is 2.96. The first-order chi connectivity index (χ1) is 11.5. The van der Waals surface area contributed by atoms with Crippen LogP contribution in [0.15, 0.2) is 65.8 Å². The molecule has 1 aromatic carbocycles. The van der Waals surface area contributed by atoms with Crippen molar-refractivity contribution in [1.82, 2.24) is 4.98 Å². The molecule has 0 bridgehead atoms. The Morgan fingerprint density at radius 1 is 0.917 bits per heavy atom. The van der Waals surface area contributed by atoms with E-state index in [1.807, 2.05) is 24.3 Å². The van der Waals surface area contributed by atoms with Gasteiger partial charge < -0.3 is 0 Å². The molecule has 0 amide bonds. The summed E-state index contributed by atoms with van der Waals surface area (Å²) in [7, 11) is -3.27. The average molecular weight is 337 g/mol. The van der Waals surface area contributed by atoms with Gasteiger partial charge in [-0.1, -0.05) is 48.9 Å². The van der Waals surface area contributed by atoms with E-state index in [-0.39, 0.29) is 10.4 Å². The number of allylic oxidation sites excluding steroid dienone is 4. The minimum atomic E-state index is -3.27. The van der Waals surface area contributed by atoms with E-state index in [4.69, 9.17) is 0 Å². The fourth-order valence-electron chi connectivity index (χ4n) is 3.50. The zero-order valence-electron chi connectivity index (χ0n) is 13.6. The van der Waals surface area contributed by atoms with E-state index < -0.39 is 9.84 Å². The van der Waals surface area contributed by atoms with Gasteiger partial charge in [0.25, 0.3) is 0 Å². The third-order valence-corrected chi connectivity index (χ3v) is 5.95. The smallest absolute Gasteiger partial charge is 0.192 e. The van der Waals surface area contributed by atoms with Crippen molar-refractivity contribution < 1.29 is 8.42 Å². The molecule has 1 saturated carbocycles. The van der Waals surface area contributed by atoms with Crippen molar-refractivity contribution in [3.8, 4) is 0 Å². The third kappa shape index (κ3) is 2.61. The predicted octanol–water partition coefficient (Wildman–Crippen LogP) is 4.14. The van der Waals surface area contributed by atoms with E-state index in [0.717, 1.165) is 11.1 Å². The van der Waals surface area contributed by atoms with Crippen molar-refractivity contribution in [3.63, 3.8) is 0 Å². The van der Waals surface area contributed by atoms with E-state index in [2.05, 4.69) is 29.3 Å². The Hall–Kier alpha value is -2.20. The SMILES string of the molecule is CS(=O)(=O)c1ccc(C2=CC3(C=C2c2ccccc2)CCC3)cn1. The Morgan fingerprint density at radius 2 is 1.58 bits per heavy atom. The summed E-state index contributed by atoms with van der Waals surface area (Å²) in [6, 6.07) is 13.8. The number of rotatable bonds is 3. The van der Waals surface area contributed by atoms with Gasteiger partial charge in [-0.05, 0) is 41.7 Å². The molecule has 0 unspecified atom stereocenters. The van der Waals surface area contributed by atoms with Crippen LogP contribution in [0.2, 0.25) is 0 Å². The minimum Gasteiger partial charge on any atom is -0.244 e. The molecular formula is C20H19NO2S. The maximum absolute atomic E-state index is 11.6. The molecule has 2 aliphatic rings. The third-order valence-electron chi connectivity index (χ3n) is 4.95. The molecule has 0 N–H and O–H groups in total. The van der Waals surface area contributed by atoms with Crippen molar-refractivity contribution in [2.45, 2.75) is 24.3 Å². The van der Waals surface area contributed by atoms with Crippen LogP contribution in [0.5, 0.6) is 0 Å². The van der Waals surface area contributed by atoms with Crippen molar-refractivity contribution >= 4 is 21.0 Å². The highest BCUT2D eigenvalue weighted by Crippen LogP contribution is 2.53. The number of benzene rings is 1. The molecule has 0 saturated heterocycles. The molecule has 122 valence electrons. The van der Waals surface area contributed by atoms with Gasteiger partial charge >= 0.3 is 0 Å². The van der Waals surface area contributed by atoms with Gasteiger partial charge in [-0.15, -0.1) is 0 Å². The first-order valence-corrected chi connectivity index (χ1v) is 10.0. The molecular weight excluding hydrogens is 318 g/mol.